The first-order valence-electron chi connectivity index (χ1n) is 9.08. The molecule has 28 heavy (non-hydrogen) atoms. The van der Waals surface area contributed by atoms with Gasteiger partial charge in [0.25, 0.3) is 5.91 Å². The van der Waals surface area contributed by atoms with Crippen LogP contribution < -0.4 is 9.47 Å². The first-order chi connectivity index (χ1) is 13.7. The van der Waals surface area contributed by atoms with Gasteiger partial charge in [-0.3, -0.25) is 4.79 Å². The Balaban J connectivity index is 1.82. The lowest BCUT2D eigenvalue weighted by Crippen LogP contribution is -2.40. The van der Waals surface area contributed by atoms with Crippen molar-refractivity contribution >= 4 is 28.8 Å². The third-order valence-electron chi connectivity index (χ3n) is 5.03. The predicted octanol–water partition coefficient (Wildman–Crippen LogP) is 3.97. The second-order valence-electron chi connectivity index (χ2n) is 6.47. The third-order valence-corrected chi connectivity index (χ3v) is 6.71. The van der Waals surface area contributed by atoms with Gasteiger partial charge in [0.1, 0.15) is 4.88 Å². The van der Waals surface area contributed by atoms with Gasteiger partial charge in [-0.15, -0.1) is 16.4 Å². The molecule has 1 amide bonds. The minimum absolute atomic E-state index is 0.00863. The number of amides is 1. The molecule has 0 spiro atoms. The maximum atomic E-state index is 13.4. The van der Waals surface area contributed by atoms with E-state index in [-0.39, 0.29) is 11.9 Å². The second kappa shape index (κ2) is 7.89. The summed E-state index contributed by atoms with van der Waals surface area (Å²) in [6.45, 7) is 2.62. The fraction of sp³-hybridized carbons (Fsp3) is 0.350. The summed E-state index contributed by atoms with van der Waals surface area (Å²) in [6.07, 6.45) is 1.45. The van der Waals surface area contributed by atoms with E-state index in [4.69, 9.17) is 9.47 Å². The Morgan fingerprint density at radius 1 is 1.29 bits per heavy atom. The van der Waals surface area contributed by atoms with Crippen molar-refractivity contribution in [3.8, 4) is 11.5 Å². The predicted molar refractivity (Wildman–Crippen MR) is 110 cm³/mol. The van der Waals surface area contributed by atoms with Crippen molar-refractivity contribution in [2.45, 2.75) is 25.8 Å². The molecule has 0 N–H and O–H groups in total. The number of methoxy groups -OCH3 is 2. The van der Waals surface area contributed by atoms with Crippen LogP contribution in [0.4, 0.5) is 0 Å². The van der Waals surface area contributed by atoms with Crippen LogP contribution in [0.25, 0.3) is 0 Å². The summed E-state index contributed by atoms with van der Waals surface area (Å²) < 4.78 is 15.0. The second-order valence-corrected chi connectivity index (χ2v) is 8.21. The Kier molecular flexibility index (Phi) is 5.32. The summed E-state index contributed by atoms with van der Waals surface area (Å²) in [5, 5.41) is 6.16. The van der Waals surface area contributed by atoms with Crippen molar-refractivity contribution in [2.24, 2.45) is 0 Å². The number of aromatic nitrogens is 2. The Morgan fingerprint density at radius 2 is 2.07 bits per heavy atom. The molecule has 1 atom stereocenters. The molecule has 1 aliphatic heterocycles. The molecule has 0 aliphatic carbocycles. The molecule has 3 heterocycles. The Hall–Kier alpha value is -2.45. The largest absolute Gasteiger partial charge is 0.493 e. The van der Waals surface area contributed by atoms with Crippen molar-refractivity contribution in [2.75, 3.05) is 20.8 Å². The van der Waals surface area contributed by atoms with Crippen LogP contribution in [0.15, 0.2) is 29.6 Å². The average molecular weight is 416 g/mol. The third kappa shape index (κ3) is 3.16. The summed E-state index contributed by atoms with van der Waals surface area (Å²) in [6, 6.07) is 7.96. The SMILES string of the molecule is CCc1nnsc1C(=O)N1CCc2cc(OC)c(OC)cc2C1c1cccs1. The van der Waals surface area contributed by atoms with E-state index >= 15 is 0 Å². The molecule has 0 saturated heterocycles. The lowest BCUT2D eigenvalue weighted by Gasteiger charge is -2.37. The normalized spacial score (nSPS) is 16.0. The van der Waals surface area contributed by atoms with E-state index < -0.39 is 0 Å². The Bertz CT molecular complexity index is 985. The molecular weight excluding hydrogens is 394 g/mol. The van der Waals surface area contributed by atoms with Gasteiger partial charge < -0.3 is 14.4 Å². The van der Waals surface area contributed by atoms with Crippen LogP contribution in [-0.4, -0.2) is 41.2 Å². The number of ether oxygens (including phenoxy) is 2. The summed E-state index contributed by atoms with van der Waals surface area (Å²) in [5.74, 6) is 1.38. The fourth-order valence-electron chi connectivity index (χ4n) is 3.65. The zero-order chi connectivity index (χ0) is 19.7. The smallest absolute Gasteiger partial charge is 0.268 e. The van der Waals surface area contributed by atoms with Crippen molar-refractivity contribution < 1.29 is 14.3 Å². The summed E-state index contributed by atoms with van der Waals surface area (Å²) >= 11 is 2.83. The maximum absolute atomic E-state index is 13.4. The van der Waals surface area contributed by atoms with Crippen molar-refractivity contribution in [1.29, 1.82) is 0 Å². The minimum Gasteiger partial charge on any atom is -0.493 e. The van der Waals surface area contributed by atoms with E-state index in [0.717, 1.165) is 22.6 Å². The number of rotatable bonds is 5. The molecule has 0 saturated carbocycles. The van der Waals surface area contributed by atoms with Crippen LogP contribution in [0.1, 0.15) is 44.3 Å². The van der Waals surface area contributed by atoms with Gasteiger partial charge >= 0.3 is 0 Å². The van der Waals surface area contributed by atoms with Crippen LogP contribution in [0.5, 0.6) is 11.5 Å². The highest BCUT2D eigenvalue weighted by Crippen LogP contribution is 2.42. The summed E-state index contributed by atoms with van der Waals surface area (Å²) in [7, 11) is 3.27. The zero-order valence-electron chi connectivity index (χ0n) is 16.0. The van der Waals surface area contributed by atoms with Gasteiger partial charge in [-0.2, -0.15) is 0 Å². The summed E-state index contributed by atoms with van der Waals surface area (Å²) in [4.78, 5) is 17.1. The van der Waals surface area contributed by atoms with Crippen LogP contribution in [0, 0.1) is 0 Å². The van der Waals surface area contributed by atoms with E-state index in [1.54, 1.807) is 25.6 Å². The monoisotopic (exact) mass is 415 g/mol. The molecule has 8 heteroatoms. The van der Waals surface area contributed by atoms with E-state index in [2.05, 4.69) is 15.7 Å². The molecule has 3 aromatic rings. The van der Waals surface area contributed by atoms with Crippen molar-refractivity contribution in [3.63, 3.8) is 0 Å². The number of fused-ring (bicyclic) bond motifs is 1. The fourth-order valence-corrected chi connectivity index (χ4v) is 5.21. The van der Waals surface area contributed by atoms with Crippen LogP contribution in [0.3, 0.4) is 0 Å². The molecular formula is C20H21N3O3S2. The van der Waals surface area contributed by atoms with Crippen LogP contribution in [-0.2, 0) is 12.8 Å². The van der Waals surface area contributed by atoms with Crippen LogP contribution >= 0.6 is 22.9 Å². The number of aryl methyl sites for hydroxylation is 1. The van der Waals surface area contributed by atoms with Crippen molar-refractivity contribution in [3.05, 3.63) is 56.2 Å². The van der Waals surface area contributed by atoms with Gasteiger partial charge in [-0.25, -0.2) is 0 Å². The molecule has 0 radical (unpaired) electrons. The van der Waals surface area contributed by atoms with Gasteiger partial charge in [0.2, 0.25) is 0 Å². The Labute approximate surface area is 171 Å². The molecule has 0 fully saturated rings. The maximum Gasteiger partial charge on any atom is 0.268 e. The number of carbonyl (C=O) groups is 1. The van der Waals surface area contributed by atoms with E-state index in [1.807, 2.05) is 35.4 Å². The number of hydrogen-bond acceptors (Lipinski definition) is 7. The van der Waals surface area contributed by atoms with Crippen LogP contribution in [0.2, 0.25) is 0 Å². The number of nitrogens with zero attached hydrogens (tertiary/aromatic N) is 3. The number of carbonyl (C=O) groups excluding carboxylic acids is 1. The number of benzene rings is 1. The van der Waals surface area contributed by atoms with Gasteiger partial charge in [-0.1, -0.05) is 17.5 Å². The molecule has 1 aromatic carbocycles. The number of hydrogen-bond donors (Lipinski definition) is 0. The molecule has 0 bridgehead atoms. The van der Waals surface area contributed by atoms with Gasteiger partial charge in [0.15, 0.2) is 11.5 Å². The topological polar surface area (TPSA) is 64.6 Å². The molecule has 2 aromatic heterocycles. The lowest BCUT2D eigenvalue weighted by molar-refractivity contribution is 0.0700. The Morgan fingerprint density at radius 3 is 2.75 bits per heavy atom. The molecule has 4 rings (SSSR count). The highest BCUT2D eigenvalue weighted by Gasteiger charge is 2.35. The van der Waals surface area contributed by atoms with E-state index in [1.165, 1.54) is 17.1 Å². The lowest BCUT2D eigenvalue weighted by atomic mass is 9.90. The zero-order valence-corrected chi connectivity index (χ0v) is 17.6. The minimum atomic E-state index is -0.164. The summed E-state index contributed by atoms with van der Waals surface area (Å²) in [5.41, 5.74) is 3.02. The van der Waals surface area contributed by atoms with Crippen molar-refractivity contribution in [1.82, 2.24) is 14.5 Å². The first-order valence-corrected chi connectivity index (χ1v) is 10.7. The van der Waals surface area contributed by atoms with E-state index in [9.17, 15) is 4.79 Å². The van der Waals surface area contributed by atoms with Gasteiger partial charge in [0.05, 0.1) is 26.0 Å². The average Bonchev–Trinajstić information content (AvgIpc) is 3.42. The molecule has 146 valence electrons. The highest BCUT2D eigenvalue weighted by molar-refractivity contribution is 7.10. The van der Waals surface area contributed by atoms with E-state index in [0.29, 0.717) is 29.3 Å². The molecule has 1 aliphatic rings. The standard InChI is InChI=1S/C20H21N3O3S2/c1-4-14-19(28-22-21-14)20(24)23-8-7-12-10-15(25-2)16(26-3)11-13(12)18(23)17-6-5-9-27-17/h5-6,9-11,18H,4,7-8H2,1-3H3. The quantitative estimate of drug-likeness (QED) is 0.631. The van der Waals surface area contributed by atoms with Gasteiger partial charge in [-0.05, 0) is 59.1 Å². The highest BCUT2D eigenvalue weighted by atomic mass is 32.1. The first kappa shape index (κ1) is 18.9. The number of thiophene rings is 1. The molecule has 6 nitrogen and oxygen atoms in total. The van der Waals surface area contributed by atoms with Gasteiger partial charge in [0, 0.05) is 11.4 Å². The molecule has 1 unspecified atom stereocenters.